The maximum atomic E-state index is 12.5. The average Bonchev–Trinajstić information content (AvgIpc) is 2.89. The molecular formula is C21H29NO2. The fourth-order valence-electron chi connectivity index (χ4n) is 5.20. The summed E-state index contributed by atoms with van der Waals surface area (Å²) in [6.07, 6.45) is 6.31. The summed E-state index contributed by atoms with van der Waals surface area (Å²) in [6, 6.07) is 8.94. The lowest BCUT2D eigenvalue weighted by molar-refractivity contribution is -0.161. The van der Waals surface area contributed by atoms with Gasteiger partial charge in [-0.2, -0.15) is 0 Å². The first-order chi connectivity index (χ1) is 11.3. The molecule has 1 N–H and O–H groups in total. The molecule has 1 amide bonds. The van der Waals surface area contributed by atoms with Gasteiger partial charge in [-0.25, -0.2) is 0 Å². The summed E-state index contributed by atoms with van der Waals surface area (Å²) in [5.74, 6) is 1.13. The normalized spacial score (nSPS) is 34.0. The van der Waals surface area contributed by atoms with Gasteiger partial charge < -0.3 is 10.0 Å². The molecule has 1 spiro atoms. The van der Waals surface area contributed by atoms with Gasteiger partial charge in [-0.15, -0.1) is 0 Å². The number of hydrogen-bond acceptors (Lipinski definition) is 2. The third-order valence-corrected chi connectivity index (χ3v) is 6.54. The molecule has 3 aliphatic rings. The number of aliphatic hydroxyl groups is 1. The van der Waals surface area contributed by atoms with Crippen LogP contribution in [0.5, 0.6) is 0 Å². The van der Waals surface area contributed by atoms with E-state index in [1.165, 1.54) is 36.8 Å². The molecule has 1 aliphatic heterocycles. The Balaban J connectivity index is 1.27. The van der Waals surface area contributed by atoms with E-state index in [1.807, 2.05) is 11.8 Å². The van der Waals surface area contributed by atoms with Crippen molar-refractivity contribution >= 4 is 5.91 Å². The second-order valence-electron chi connectivity index (χ2n) is 9.09. The predicted octanol–water partition coefficient (Wildman–Crippen LogP) is 3.33. The number of benzene rings is 1. The number of rotatable bonds is 3. The lowest BCUT2D eigenvalue weighted by atomic mass is 9.69. The lowest BCUT2D eigenvalue weighted by Gasteiger charge is -2.52. The van der Waals surface area contributed by atoms with Crippen molar-refractivity contribution in [2.45, 2.75) is 58.0 Å². The van der Waals surface area contributed by atoms with Gasteiger partial charge in [0.1, 0.15) is 0 Å². The highest BCUT2D eigenvalue weighted by molar-refractivity contribution is 5.81. The molecule has 2 saturated carbocycles. The van der Waals surface area contributed by atoms with Crippen molar-refractivity contribution in [1.82, 2.24) is 4.90 Å². The molecule has 1 unspecified atom stereocenters. The van der Waals surface area contributed by atoms with E-state index in [2.05, 4.69) is 31.2 Å². The second kappa shape index (κ2) is 5.59. The first-order valence-electron chi connectivity index (χ1n) is 9.41. The van der Waals surface area contributed by atoms with Crippen LogP contribution in [0, 0.1) is 24.2 Å². The first kappa shape index (κ1) is 16.1. The van der Waals surface area contributed by atoms with Crippen LogP contribution in [0.15, 0.2) is 24.3 Å². The van der Waals surface area contributed by atoms with E-state index in [9.17, 15) is 9.90 Å². The predicted molar refractivity (Wildman–Crippen MR) is 94.6 cm³/mol. The monoisotopic (exact) mass is 327 g/mol. The van der Waals surface area contributed by atoms with E-state index in [-0.39, 0.29) is 11.8 Å². The van der Waals surface area contributed by atoms with Gasteiger partial charge in [0.15, 0.2) is 0 Å². The molecule has 24 heavy (non-hydrogen) atoms. The van der Waals surface area contributed by atoms with E-state index in [1.54, 1.807) is 0 Å². The van der Waals surface area contributed by atoms with Crippen molar-refractivity contribution in [2.75, 3.05) is 13.1 Å². The number of likely N-dealkylation sites (tertiary alicyclic amines) is 1. The number of carbonyl (C=O) groups is 1. The molecule has 3 fully saturated rings. The molecule has 1 atom stereocenters. The zero-order valence-corrected chi connectivity index (χ0v) is 14.9. The number of hydrogen-bond donors (Lipinski definition) is 1. The van der Waals surface area contributed by atoms with Crippen LogP contribution in [0.25, 0.3) is 0 Å². The van der Waals surface area contributed by atoms with E-state index < -0.39 is 5.60 Å². The minimum atomic E-state index is -0.602. The van der Waals surface area contributed by atoms with E-state index >= 15 is 0 Å². The molecule has 2 aliphatic carbocycles. The summed E-state index contributed by atoms with van der Waals surface area (Å²) in [5.41, 5.74) is 2.57. The first-order valence-corrected chi connectivity index (χ1v) is 9.41. The molecule has 1 aromatic carbocycles. The smallest absolute Gasteiger partial charge is 0.225 e. The number of amides is 1. The van der Waals surface area contributed by atoms with Gasteiger partial charge in [0.25, 0.3) is 0 Å². The van der Waals surface area contributed by atoms with E-state index in [0.717, 1.165) is 19.0 Å². The molecule has 1 aromatic rings. The molecule has 4 rings (SSSR count). The topological polar surface area (TPSA) is 40.5 Å². The quantitative estimate of drug-likeness (QED) is 0.925. The maximum absolute atomic E-state index is 12.5. The Hall–Kier alpha value is -1.35. The summed E-state index contributed by atoms with van der Waals surface area (Å²) >= 11 is 0. The highest BCUT2D eigenvalue weighted by Gasteiger charge is 2.52. The second-order valence-corrected chi connectivity index (χ2v) is 9.09. The Morgan fingerprint density at radius 3 is 2.50 bits per heavy atom. The Labute approximate surface area is 145 Å². The molecule has 3 nitrogen and oxygen atoms in total. The van der Waals surface area contributed by atoms with Gasteiger partial charge in [0, 0.05) is 24.4 Å². The summed E-state index contributed by atoms with van der Waals surface area (Å²) in [5, 5.41) is 9.83. The van der Waals surface area contributed by atoms with Crippen molar-refractivity contribution in [3.8, 4) is 0 Å². The number of nitrogens with zero attached hydrogens (tertiary/aromatic N) is 1. The van der Waals surface area contributed by atoms with Crippen molar-refractivity contribution in [2.24, 2.45) is 17.3 Å². The zero-order valence-electron chi connectivity index (χ0n) is 14.9. The van der Waals surface area contributed by atoms with Crippen molar-refractivity contribution in [3.05, 3.63) is 35.4 Å². The van der Waals surface area contributed by atoms with Crippen LogP contribution in [0.2, 0.25) is 0 Å². The third kappa shape index (κ3) is 2.99. The summed E-state index contributed by atoms with van der Waals surface area (Å²) in [7, 11) is 0. The largest absolute Gasteiger partial charge is 0.390 e. The molecule has 0 aromatic heterocycles. The van der Waals surface area contributed by atoms with Gasteiger partial charge >= 0.3 is 0 Å². The SMILES string of the molecule is Cc1ccc(CC2CCC3(C2)CN(C(=O)[C@H]2C[C@@](C)(O)C2)C3)cc1. The Kier molecular flexibility index (Phi) is 3.76. The lowest BCUT2D eigenvalue weighted by Crippen LogP contribution is -2.61. The van der Waals surface area contributed by atoms with Gasteiger partial charge in [-0.05, 0) is 63.9 Å². The van der Waals surface area contributed by atoms with Crippen LogP contribution < -0.4 is 0 Å². The fraction of sp³-hybridized carbons (Fsp3) is 0.667. The van der Waals surface area contributed by atoms with Crippen molar-refractivity contribution in [1.29, 1.82) is 0 Å². The van der Waals surface area contributed by atoms with Gasteiger partial charge in [-0.1, -0.05) is 29.8 Å². The number of aryl methyl sites for hydroxylation is 1. The van der Waals surface area contributed by atoms with Crippen LogP contribution in [0.1, 0.15) is 50.2 Å². The van der Waals surface area contributed by atoms with Crippen LogP contribution in [-0.2, 0) is 11.2 Å². The molecular weight excluding hydrogens is 298 g/mol. The van der Waals surface area contributed by atoms with Gasteiger partial charge in [-0.3, -0.25) is 4.79 Å². The minimum absolute atomic E-state index is 0.0714. The molecule has 1 saturated heterocycles. The summed E-state index contributed by atoms with van der Waals surface area (Å²) in [4.78, 5) is 14.5. The van der Waals surface area contributed by atoms with Crippen molar-refractivity contribution in [3.63, 3.8) is 0 Å². The molecule has 0 radical (unpaired) electrons. The molecule has 130 valence electrons. The highest BCUT2D eigenvalue weighted by Crippen LogP contribution is 2.50. The summed E-state index contributed by atoms with van der Waals surface area (Å²) < 4.78 is 0. The zero-order chi connectivity index (χ0) is 16.9. The maximum Gasteiger partial charge on any atom is 0.225 e. The van der Waals surface area contributed by atoms with Crippen molar-refractivity contribution < 1.29 is 9.90 Å². The van der Waals surface area contributed by atoms with Gasteiger partial charge in [0.05, 0.1) is 5.60 Å². The molecule has 0 bridgehead atoms. The van der Waals surface area contributed by atoms with E-state index in [0.29, 0.717) is 18.3 Å². The Morgan fingerprint density at radius 1 is 1.21 bits per heavy atom. The van der Waals surface area contributed by atoms with Crippen LogP contribution >= 0.6 is 0 Å². The minimum Gasteiger partial charge on any atom is -0.390 e. The molecule has 3 heteroatoms. The molecule has 1 heterocycles. The van der Waals surface area contributed by atoms with Crippen LogP contribution in [-0.4, -0.2) is 34.6 Å². The fourth-order valence-corrected chi connectivity index (χ4v) is 5.20. The van der Waals surface area contributed by atoms with Gasteiger partial charge in [0.2, 0.25) is 5.91 Å². The Bertz CT molecular complexity index is 620. The highest BCUT2D eigenvalue weighted by atomic mass is 16.3. The Morgan fingerprint density at radius 2 is 1.88 bits per heavy atom. The standard InChI is InChI=1S/C21H29NO2/c1-15-3-5-16(6-4-15)9-17-7-8-21(10-17)13-22(14-21)19(23)18-11-20(2,24)12-18/h3-6,17-18,24H,7-14H2,1-2H3/t17?,18-,20+. The third-order valence-electron chi connectivity index (χ3n) is 6.54. The average molecular weight is 327 g/mol. The van der Waals surface area contributed by atoms with Crippen LogP contribution in [0.3, 0.4) is 0 Å². The van der Waals surface area contributed by atoms with Crippen LogP contribution in [0.4, 0.5) is 0 Å². The number of carbonyl (C=O) groups excluding carboxylic acids is 1. The van der Waals surface area contributed by atoms with E-state index in [4.69, 9.17) is 0 Å². The summed E-state index contributed by atoms with van der Waals surface area (Å²) in [6.45, 7) is 5.88.